The van der Waals surface area contributed by atoms with Gasteiger partial charge in [0.1, 0.15) is 11.6 Å². The third kappa shape index (κ3) is 4.95. The maximum atomic E-state index is 14.1. The van der Waals surface area contributed by atoms with Crippen LogP contribution in [0.15, 0.2) is 12.1 Å². The molecule has 2 aliphatic rings. The fourth-order valence-corrected chi connectivity index (χ4v) is 3.90. The Hall–Kier alpha value is -2.42. The summed E-state index contributed by atoms with van der Waals surface area (Å²) in [5.74, 6) is -1.20. The Morgan fingerprint density at radius 2 is 1.93 bits per heavy atom. The third-order valence-corrected chi connectivity index (χ3v) is 5.60. The molecule has 0 radical (unpaired) electrons. The van der Waals surface area contributed by atoms with E-state index in [1.807, 2.05) is 0 Å². The Balaban J connectivity index is 1.71. The molecule has 29 heavy (non-hydrogen) atoms. The van der Waals surface area contributed by atoms with Crippen LogP contribution in [0.5, 0.6) is 0 Å². The van der Waals surface area contributed by atoms with Crippen molar-refractivity contribution in [3.63, 3.8) is 0 Å². The first-order chi connectivity index (χ1) is 13.8. The van der Waals surface area contributed by atoms with Gasteiger partial charge < -0.3 is 25.5 Å². The standard InChI is InChI=1S/C20H28F2N4O3/c1-12-5-18(22)14(7-17(12)21)8-24-20(29)26(15-3-4-15)16-6-13(11-27)9-25(10-16)19(28)23-2/h5,7,13,15-16,27H,3-4,6,8-11H2,1-2H3,(H,23,28)(H,24,29). The number of nitrogens with zero attached hydrogens (tertiary/aromatic N) is 2. The molecule has 160 valence electrons. The first-order valence-electron chi connectivity index (χ1n) is 9.92. The molecule has 2 atom stereocenters. The van der Waals surface area contributed by atoms with Gasteiger partial charge in [0.2, 0.25) is 0 Å². The van der Waals surface area contributed by atoms with E-state index < -0.39 is 11.6 Å². The summed E-state index contributed by atoms with van der Waals surface area (Å²) in [6, 6.07) is 1.41. The number of carbonyl (C=O) groups excluding carboxylic acids is 2. The summed E-state index contributed by atoms with van der Waals surface area (Å²) in [6.07, 6.45) is 2.31. The Bertz CT molecular complexity index is 772. The highest BCUT2D eigenvalue weighted by Gasteiger charge is 2.41. The van der Waals surface area contributed by atoms with Crippen LogP contribution >= 0.6 is 0 Å². The van der Waals surface area contributed by atoms with Crippen LogP contribution in [0.1, 0.15) is 30.4 Å². The summed E-state index contributed by atoms with van der Waals surface area (Å²) in [5.41, 5.74) is 0.296. The fourth-order valence-electron chi connectivity index (χ4n) is 3.90. The van der Waals surface area contributed by atoms with Crippen LogP contribution in [-0.4, -0.2) is 65.8 Å². The monoisotopic (exact) mass is 410 g/mol. The van der Waals surface area contributed by atoms with Gasteiger partial charge in [-0.2, -0.15) is 0 Å². The number of carbonyl (C=O) groups is 2. The number of rotatable bonds is 5. The van der Waals surface area contributed by atoms with Gasteiger partial charge in [-0.3, -0.25) is 0 Å². The molecule has 3 rings (SSSR count). The minimum atomic E-state index is -0.564. The molecule has 1 saturated heterocycles. The summed E-state index contributed by atoms with van der Waals surface area (Å²) >= 11 is 0. The molecular weight excluding hydrogens is 382 g/mol. The molecule has 2 unspecified atom stereocenters. The molecule has 0 aromatic heterocycles. The second-order valence-electron chi connectivity index (χ2n) is 7.89. The summed E-state index contributed by atoms with van der Waals surface area (Å²) in [5, 5.41) is 14.9. The highest BCUT2D eigenvalue weighted by atomic mass is 19.1. The largest absolute Gasteiger partial charge is 0.396 e. The topological polar surface area (TPSA) is 84.9 Å². The molecule has 1 heterocycles. The zero-order valence-corrected chi connectivity index (χ0v) is 16.8. The van der Waals surface area contributed by atoms with Crippen LogP contribution in [0.2, 0.25) is 0 Å². The van der Waals surface area contributed by atoms with Gasteiger partial charge in [0.25, 0.3) is 0 Å². The first-order valence-corrected chi connectivity index (χ1v) is 9.92. The quantitative estimate of drug-likeness (QED) is 0.694. The van der Waals surface area contributed by atoms with E-state index in [4.69, 9.17) is 0 Å². The number of urea groups is 2. The number of aliphatic hydroxyl groups is 1. The molecular formula is C20H28F2N4O3. The number of hydrogen-bond acceptors (Lipinski definition) is 3. The van der Waals surface area contributed by atoms with Gasteiger partial charge in [-0.1, -0.05) is 0 Å². The molecule has 4 amide bonds. The molecule has 1 aromatic carbocycles. The van der Waals surface area contributed by atoms with Crippen molar-refractivity contribution in [2.75, 3.05) is 26.7 Å². The lowest BCUT2D eigenvalue weighted by Gasteiger charge is -2.42. The van der Waals surface area contributed by atoms with E-state index in [1.165, 1.54) is 6.92 Å². The normalized spacial score (nSPS) is 21.6. The number of amides is 4. The SMILES string of the molecule is CNC(=O)N1CC(CO)CC(N(C(=O)NCc2cc(F)c(C)cc2F)C2CC2)C1. The summed E-state index contributed by atoms with van der Waals surface area (Å²) in [6.45, 7) is 2.08. The molecule has 1 saturated carbocycles. The van der Waals surface area contributed by atoms with Crippen LogP contribution in [0, 0.1) is 24.5 Å². The van der Waals surface area contributed by atoms with E-state index in [-0.39, 0.29) is 54.3 Å². The number of nitrogens with one attached hydrogen (secondary N) is 2. The first kappa shape index (κ1) is 21.3. The van der Waals surface area contributed by atoms with Gasteiger partial charge in [0.15, 0.2) is 0 Å². The van der Waals surface area contributed by atoms with Gasteiger partial charge in [0.05, 0.1) is 6.04 Å². The number of aliphatic hydroxyl groups excluding tert-OH is 1. The fraction of sp³-hybridized carbons (Fsp3) is 0.600. The van der Waals surface area contributed by atoms with E-state index in [9.17, 15) is 23.5 Å². The number of likely N-dealkylation sites (tertiary alicyclic amines) is 1. The van der Waals surface area contributed by atoms with Crippen LogP contribution in [0.4, 0.5) is 18.4 Å². The van der Waals surface area contributed by atoms with Crippen LogP contribution < -0.4 is 10.6 Å². The van der Waals surface area contributed by atoms with Gasteiger partial charge in [-0.25, -0.2) is 18.4 Å². The maximum absolute atomic E-state index is 14.1. The lowest BCUT2D eigenvalue weighted by atomic mass is 9.94. The van der Waals surface area contributed by atoms with Gasteiger partial charge in [-0.15, -0.1) is 0 Å². The molecule has 9 heteroatoms. The zero-order chi connectivity index (χ0) is 21.1. The van der Waals surface area contributed by atoms with Gasteiger partial charge in [0, 0.05) is 50.8 Å². The summed E-state index contributed by atoms with van der Waals surface area (Å²) in [7, 11) is 1.54. The summed E-state index contributed by atoms with van der Waals surface area (Å²) < 4.78 is 27.8. The van der Waals surface area contributed by atoms with E-state index in [1.54, 1.807) is 16.8 Å². The molecule has 0 bridgehead atoms. The smallest absolute Gasteiger partial charge is 0.318 e. The predicted octanol–water partition coefficient (Wildman–Crippen LogP) is 1.97. The van der Waals surface area contributed by atoms with Crippen LogP contribution in [0.25, 0.3) is 0 Å². The predicted molar refractivity (Wildman–Crippen MR) is 103 cm³/mol. The molecule has 1 aliphatic heterocycles. The maximum Gasteiger partial charge on any atom is 0.318 e. The minimum Gasteiger partial charge on any atom is -0.396 e. The molecule has 7 nitrogen and oxygen atoms in total. The van der Waals surface area contributed by atoms with Crippen molar-refractivity contribution in [1.29, 1.82) is 0 Å². The number of piperidine rings is 1. The van der Waals surface area contributed by atoms with Crippen molar-refractivity contribution in [1.82, 2.24) is 20.4 Å². The number of benzene rings is 1. The zero-order valence-electron chi connectivity index (χ0n) is 16.8. The van der Waals surface area contributed by atoms with Crippen molar-refractivity contribution in [3.05, 3.63) is 34.9 Å². The average Bonchev–Trinajstić information content (AvgIpc) is 3.53. The lowest BCUT2D eigenvalue weighted by Crippen LogP contribution is -2.58. The van der Waals surface area contributed by atoms with E-state index >= 15 is 0 Å². The van der Waals surface area contributed by atoms with Crippen molar-refractivity contribution < 1.29 is 23.5 Å². The average molecular weight is 410 g/mol. The highest BCUT2D eigenvalue weighted by molar-refractivity contribution is 5.76. The van der Waals surface area contributed by atoms with E-state index in [0.29, 0.717) is 19.5 Å². The molecule has 1 aromatic rings. The molecule has 3 N–H and O–H groups in total. The minimum absolute atomic E-state index is 0.0589. The van der Waals surface area contributed by atoms with Crippen molar-refractivity contribution >= 4 is 12.1 Å². The Labute approximate surface area is 169 Å². The van der Waals surface area contributed by atoms with Crippen molar-refractivity contribution in [2.24, 2.45) is 5.92 Å². The summed E-state index contributed by atoms with van der Waals surface area (Å²) in [4.78, 5) is 28.3. The molecule has 2 fully saturated rings. The van der Waals surface area contributed by atoms with Crippen molar-refractivity contribution in [3.8, 4) is 0 Å². The Kier molecular flexibility index (Phi) is 6.56. The Morgan fingerprint density at radius 3 is 2.55 bits per heavy atom. The lowest BCUT2D eigenvalue weighted by molar-refractivity contribution is 0.0690. The number of hydrogen-bond donors (Lipinski definition) is 3. The van der Waals surface area contributed by atoms with Crippen LogP contribution in [-0.2, 0) is 6.54 Å². The van der Waals surface area contributed by atoms with E-state index in [2.05, 4.69) is 10.6 Å². The third-order valence-electron chi connectivity index (χ3n) is 5.60. The van der Waals surface area contributed by atoms with Gasteiger partial charge >= 0.3 is 12.1 Å². The van der Waals surface area contributed by atoms with Crippen LogP contribution in [0.3, 0.4) is 0 Å². The Morgan fingerprint density at radius 1 is 1.21 bits per heavy atom. The van der Waals surface area contributed by atoms with Crippen molar-refractivity contribution in [2.45, 2.75) is 44.8 Å². The molecule has 1 aliphatic carbocycles. The molecule has 0 spiro atoms. The second-order valence-corrected chi connectivity index (χ2v) is 7.89. The van der Waals surface area contributed by atoms with Gasteiger partial charge in [-0.05, 0) is 43.9 Å². The van der Waals surface area contributed by atoms with E-state index in [0.717, 1.165) is 25.0 Å². The number of aryl methyl sites for hydroxylation is 1. The highest BCUT2D eigenvalue weighted by Crippen LogP contribution is 2.32. The second kappa shape index (κ2) is 8.94. The number of halogens is 2.